The summed E-state index contributed by atoms with van der Waals surface area (Å²) >= 11 is 11.9. The number of halogens is 2. The highest BCUT2D eigenvalue weighted by molar-refractivity contribution is 6.39. The molecule has 0 radical (unpaired) electrons. The lowest BCUT2D eigenvalue weighted by Crippen LogP contribution is -2.00. The molecule has 1 aromatic carbocycles. The van der Waals surface area contributed by atoms with Crippen molar-refractivity contribution in [2.45, 2.75) is 6.92 Å². The highest BCUT2D eigenvalue weighted by atomic mass is 35.5. The normalized spacial score (nSPS) is 10.5. The molecule has 8 heteroatoms. The van der Waals surface area contributed by atoms with Crippen molar-refractivity contribution in [3.63, 3.8) is 0 Å². The topological polar surface area (TPSA) is 73.8 Å². The van der Waals surface area contributed by atoms with Crippen molar-refractivity contribution in [3.05, 3.63) is 44.2 Å². The predicted octanol–water partition coefficient (Wildman–Crippen LogP) is 2.79. The summed E-state index contributed by atoms with van der Waals surface area (Å²) in [5, 5.41) is 18.5. The molecule has 0 aliphatic carbocycles. The van der Waals surface area contributed by atoms with Gasteiger partial charge in [0.1, 0.15) is 10.7 Å². The van der Waals surface area contributed by atoms with E-state index in [0.29, 0.717) is 5.69 Å². The number of hydrogen-bond donors (Lipinski definition) is 0. The molecule has 6 nitrogen and oxygen atoms in total. The van der Waals surface area contributed by atoms with Gasteiger partial charge in [0, 0.05) is 6.07 Å². The Labute approximate surface area is 106 Å². The number of benzene rings is 1. The molecule has 2 aromatic rings. The van der Waals surface area contributed by atoms with Gasteiger partial charge < -0.3 is 0 Å². The highest BCUT2D eigenvalue weighted by Gasteiger charge is 2.20. The number of nitro benzene ring substituents is 1. The van der Waals surface area contributed by atoms with Crippen LogP contribution in [0.15, 0.2) is 18.3 Å². The first-order valence-corrected chi connectivity index (χ1v) is 5.28. The lowest BCUT2D eigenvalue weighted by atomic mass is 10.3. The number of nitro groups is 1. The molecule has 0 N–H and O–H groups in total. The third-order valence-electron chi connectivity index (χ3n) is 2.08. The summed E-state index contributed by atoms with van der Waals surface area (Å²) in [6.07, 6.45) is 1.58. The van der Waals surface area contributed by atoms with Gasteiger partial charge in [0.2, 0.25) is 0 Å². The molecule has 0 spiro atoms. The number of aromatic nitrogens is 3. The molecule has 2 rings (SSSR count). The van der Waals surface area contributed by atoms with Gasteiger partial charge in [-0.1, -0.05) is 28.4 Å². The van der Waals surface area contributed by atoms with Crippen molar-refractivity contribution in [2.24, 2.45) is 0 Å². The van der Waals surface area contributed by atoms with Crippen molar-refractivity contribution < 1.29 is 4.92 Å². The molecule has 0 saturated heterocycles. The first-order valence-electron chi connectivity index (χ1n) is 4.52. The van der Waals surface area contributed by atoms with E-state index in [1.807, 2.05) is 0 Å². The standard InChI is InChI=1S/C9H6Cl2N4O2/c1-5-4-14(13-12-5)9-6(10)2-3-7(8(9)11)15(16)17/h2-4H,1H3. The van der Waals surface area contributed by atoms with Gasteiger partial charge in [0.25, 0.3) is 5.69 Å². The minimum atomic E-state index is -0.577. The molecule has 0 unspecified atom stereocenters. The van der Waals surface area contributed by atoms with E-state index in [0.717, 1.165) is 0 Å². The minimum absolute atomic E-state index is 0.0626. The highest BCUT2D eigenvalue weighted by Crippen LogP contribution is 2.35. The second-order valence-electron chi connectivity index (χ2n) is 3.29. The second kappa shape index (κ2) is 4.31. The maximum Gasteiger partial charge on any atom is 0.290 e. The van der Waals surface area contributed by atoms with Crippen LogP contribution in [-0.2, 0) is 0 Å². The quantitative estimate of drug-likeness (QED) is 0.622. The van der Waals surface area contributed by atoms with Crippen molar-refractivity contribution in [1.29, 1.82) is 0 Å². The third kappa shape index (κ3) is 2.09. The zero-order valence-corrected chi connectivity index (χ0v) is 10.1. The zero-order chi connectivity index (χ0) is 12.6. The Kier molecular flexibility index (Phi) is 2.99. The van der Waals surface area contributed by atoms with Crippen LogP contribution in [0.3, 0.4) is 0 Å². The van der Waals surface area contributed by atoms with Crippen LogP contribution < -0.4 is 0 Å². The van der Waals surface area contributed by atoms with E-state index in [2.05, 4.69) is 10.3 Å². The van der Waals surface area contributed by atoms with E-state index in [-0.39, 0.29) is 21.4 Å². The van der Waals surface area contributed by atoms with Crippen LogP contribution in [0.1, 0.15) is 5.69 Å². The van der Waals surface area contributed by atoms with Crippen LogP contribution in [0.25, 0.3) is 5.69 Å². The second-order valence-corrected chi connectivity index (χ2v) is 4.08. The molecule has 1 heterocycles. The molecule has 0 atom stereocenters. The number of hydrogen-bond acceptors (Lipinski definition) is 4. The van der Waals surface area contributed by atoms with Gasteiger partial charge >= 0.3 is 0 Å². The summed E-state index contributed by atoms with van der Waals surface area (Å²) in [6, 6.07) is 2.65. The summed E-state index contributed by atoms with van der Waals surface area (Å²) in [6.45, 7) is 1.74. The first-order chi connectivity index (χ1) is 8.00. The zero-order valence-electron chi connectivity index (χ0n) is 8.59. The fourth-order valence-electron chi connectivity index (χ4n) is 1.34. The van der Waals surface area contributed by atoms with Crippen LogP contribution in [0.2, 0.25) is 10.0 Å². The van der Waals surface area contributed by atoms with Crippen LogP contribution in [0.5, 0.6) is 0 Å². The maximum atomic E-state index is 10.8. The number of nitrogens with zero attached hydrogens (tertiary/aromatic N) is 4. The molecule has 17 heavy (non-hydrogen) atoms. The maximum absolute atomic E-state index is 10.8. The molecule has 0 aliphatic heterocycles. The first kappa shape index (κ1) is 11.8. The fraction of sp³-hybridized carbons (Fsp3) is 0.111. The van der Waals surface area contributed by atoms with Gasteiger partial charge in [0.05, 0.1) is 21.8 Å². The largest absolute Gasteiger partial charge is 0.290 e. The van der Waals surface area contributed by atoms with E-state index >= 15 is 0 Å². The summed E-state index contributed by atoms with van der Waals surface area (Å²) in [7, 11) is 0. The molecule has 88 valence electrons. The summed E-state index contributed by atoms with van der Waals surface area (Å²) < 4.78 is 1.31. The predicted molar refractivity (Wildman–Crippen MR) is 62.8 cm³/mol. The Morgan fingerprint density at radius 1 is 1.41 bits per heavy atom. The lowest BCUT2D eigenvalue weighted by Gasteiger charge is -2.05. The Bertz CT molecular complexity index is 597. The van der Waals surface area contributed by atoms with Gasteiger partial charge in [-0.2, -0.15) is 0 Å². The molecular weight excluding hydrogens is 267 g/mol. The van der Waals surface area contributed by atoms with Gasteiger partial charge in [-0.15, -0.1) is 5.10 Å². The molecule has 1 aromatic heterocycles. The van der Waals surface area contributed by atoms with Gasteiger partial charge in [-0.05, 0) is 13.0 Å². The lowest BCUT2D eigenvalue weighted by molar-refractivity contribution is -0.384. The van der Waals surface area contributed by atoms with Crippen LogP contribution in [0.4, 0.5) is 5.69 Å². The Morgan fingerprint density at radius 3 is 2.65 bits per heavy atom. The summed E-state index contributed by atoms with van der Waals surface area (Å²) in [5.74, 6) is 0. The summed E-state index contributed by atoms with van der Waals surface area (Å²) in [4.78, 5) is 10.2. The molecule has 0 amide bonds. The van der Waals surface area contributed by atoms with Gasteiger partial charge in [0.15, 0.2) is 0 Å². The minimum Gasteiger partial charge on any atom is -0.258 e. The number of aryl methyl sites for hydroxylation is 1. The van der Waals surface area contributed by atoms with E-state index in [1.54, 1.807) is 13.1 Å². The molecule has 0 saturated carbocycles. The van der Waals surface area contributed by atoms with Crippen molar-refractivity contribution in [1.82, 2.24) is 15.0 Å². The Hall–Kier alpha value is -1.66. The molecule has 0 fully saturated rings. The summed E-state index contributed by atoms with van der Waals surface area (Å²) in [5.41, 5.74) is 0.686. The van der Waals surface area contributed by atoms with E-state index in [4.69, 9.17) is 23.2 Å². The van der Waals surface area contributed by atoms with Crippen molar-refractivity contribution >= 4 is 28.9 Å². The average molecular weight is 273 g/mol. The fourth-order valence-corrected chi connectivity index (χ4v) is 1.95. The van der Waals surface area contributed by atoms with Crippen LogP contribution in [-0.4, -0.2) is 19.9 Å². The van der Waals surface area contributed by atoms with Crippen molar-refractivity contribution in [2.75, 3.05) is 0 Å². The third-order valence-corrected chi connectivity index (χ3v) is 2.76. The SMILES string of the molecule is Cc1cn(-c2c(Cl)ccc([N+](=O)[O-])c2Cl)nn1. The number of rotatable bonds is 2. The smallest absolute Gasteiger partial charge is 0.258 e. The Morgan fingerprint density at radius 2 is 2.12 bits per heavy atom. The average Bonchev–Trinajstić information content (AvgIpc) is 2.64. The van der Waals surface area contributed by atoms with E-state index in [9.17, 15) is 10.1 Å². The van der Waals surface area contributed by atoms with E-state index in [1.165, 1.54) is 16.8 Å². The monoisotopic (exact) mass is 272 g/mol. The molecular formula is C9H6Cl2N4O2. The molecule has 0 aliphatic rings. The van der Waals surface area contributed by atoms with Crippen LogP contribution in [0, 0.1) is 17.0 Å². The van der Waals surface area contributed by atoms with Crippen molar-refractivity contribution in [3.8, 4) is 5.69 Å². The van der Waals surface area contributed by atoms with Gasteiger partial charge in [-0.25, -0.2) is 4.68 Å². The van der Waals surface area contributed by atoms with E-state index < -0.39 is 4.92 Å². The van der Waals surface area contributed by atoms with Crippen LogP contribution >= 0.6 is 23.2 Å². The Balaban J connectivity index is 2.68. The van der Waals surface area contributed by atoms with Gasteiger partial charge in [-0.3, -0.25) is 10.1 Å². The molecule has 0 bridgehead atoms.